The number of rotatable bonds is 2. The van der Waals surface area contributed by atoms with E-state index in [4.69, 9.17) is 0 Å². The lowest BCUT2D eigenvalue weighted by molar-refractivity contribution is -0.137. The van der Waals surface area contributed by atoms with E-state index in [1.165, 1.54) is 0 Å². The standard InChI is InChI=1S/C5H8O2.C4H7NO/c1-3-5(6)7-4-2;6-4-2-1-3-5-4/h3H,1,4H2,2H3;1-3H2,(H,5,6). The summed E-state index contributed by atoms with van der Waals surface area (Å²) in [7, 11) is 0. The van der Waals surface area contributed by atoms with E-state index in [1.54, 1.807) is 6.92 Å². The Bertz CT molecular complexity index is 181. The van der Waals surface area contributed by atoms with Crippen LogP contribution in [0.3, 0.4) is 0 Å². The van der Waals surface area contributed by atoms with Crippen molar-refractivity contribution < 1.29 is 14.3 Å². The molecule has 0 saturated carbocycles. The lowest BCUT2D eigenvalue weighted by Crippen LogP contribution is -2.12. The predicted molar refractivity (Wildman–Crippen MR) is 49.1 cm³/mol. The van der Waals surface area contributed by atoms with Gasteiger partial charge in [0.25, 0.3) is 0 Å². The van der Waals surface area contributed by atoms with E-state index >= 15 is 0 Å². The summed E-state index contributed by atoms with van der Waals surface area (Å²) >= 11 is 0. The van der Waals surface area contributed by atoms with Crippen LogP contribution in [0.25, 0.3) is 0 Å². The molecule has 4 heteroatoms. The van der Waals surface area contributed by atoms with Crippen molar-refractivity contribution in [1.82, 2.24) is 5.32 Å². The van der Waals surface area contributed by atoms with Gasteiger partial charge in [-0.05, 0) is 13.3 Å². The number of carbonyl (C=O) groups excluding carboxylic acids is 2. The number of hydrogen-bond acceptors (Lipinski definition) is 3. The van der Waals surface area contributed by atoms with Crippen LogP contribution in [0.15, 0.2) is 12.7 Å². The molecule has 1 fully saturated rings. The molecule has 1 rings (SSSR count). The topological polar surface area (TPSA) is 55.4 Å². The number of nitrogens with one attached hydrogen (secondary N) is 1. The minimum atomic E-state index is -0.359. The average Bonchev–Trinajstić information content (AvgIpc) is 2.57. The van der Waals surface area contributed by atoms with Gasteiger partial charge in [0.1, 0.15) is 0 Å². The second-order valence-corrected chi connectivity index (χ2v) is 2.41. The maximum absolute atomic E-state index is 10.1. The molecule has 0 radical (unpaired) electrons. The first-order valence-corrected chi connectivity index (χ1v) is 4.26. The summed E-state index contributed by atoms with van der Waals surface area (Å²) < 4.78 is 4.43. The van der Waals surface area contributed by atoms with Crippen molar-refractivity contribution in [2.45, 2.75) is 19.8 Å². The van der Waals surface area contributed by atoms with Crippen molar-refractivity contribution in [2.75, 3.05) is 13.2 Å². The molecule has 1 heterocycles. The van der Waals surface area contributed by atoms with Gasteiger partial charge >= 0.3 is 5.97 Å². The van der Waals surface area contributed by atoms with E-state index in [2.05, 4.69) is 16.6 Å². The lowest BCUT2D eigenvalue weighted by atomic mass is 10.4. The molecule has 0 unspecified atom stereocenters. The highest BCUT2D eigenvalue weighted by Crippen LogP contribution is 1.93. The van der Waals surface area contributed by atoms with Crippen LogP contribution in [0.4, 0.5) is 0 Å². The highest BCUT2D eigenvalue weighted by molar-refractivity contribution is 5.81. The van der Waals surface area contributed by atoms with Gasteiger partial charge < -0.3 is 10.1 Å². The average molecular weight is 185 g/mol. The maximum Gasteiger partial charge on any atom is 0.330 e. The highest BCUT2D eigenvalue weighted by atomic mass is 16.5. The van der Waals surface area contributed by atoms with Gasteiger partial charge in [-0.1, -0.05) is 6.58 Å². The van der Waals surface area contributed by atoms with Crippen LogP contribution in [0.1, 0.15) is 19.8 Å². The molecular formula is C9H15NO3. The van der Waals surface area contributed by atoms with Crippen molar-refractivity contribution in [1.29, 1.82) is 0 Å². The van der Waals surface area contributed by atoms with Crippen molar-refractivity contribution in [3.8, 4) is 0 Å². The zero-order valence-corrected chi connectivity index (χ0v) is 7.84. The molecule has 0 spiro atoms. The van der Waals surface area contributed by atoms with Crippen LogP contribution < -0.4 is 5.32 Å². The zero-order chi connectivity index (χ0) is 10.1. The predicted octanol–water partition coefficient (Wildman–Crippen LogP) is 0.632. The number of hydrogen-bond donors (Lipinski definition) is 1. The normalized spacial score (nSPS) is 13.8. The van der Waals surface area contributed by atoms with Crippen molar-refractivity contribution in [2.24, 2.45) is 0 Å². The van der Waals surface area contributed by atoms with Crippen LogP contribution in [0.5, 0.6) is 0 Å². The van der Waals surface area contributed by atoms with Crippen LogP contribution >= 0.6 is 0 Å². The fourth-order valence-electron chi connectivity index (χ4n) is 0.766. The van der Waals surface area contributed by atoms with E-state index in [0.29, 0.717) is 6.61 Å². The summed E-state index contributed by atoms with van der Waals surface area (Å²) in [6.07, 6.45) is 2.91. The summed E-state index contributed by atoms with van der Waals surface area (Å²) in [4.78, 5) is 20.2. The first kappa shape index (κ1) is 11.7. The second-order valence-electron chi connectivity index (χ2n) is 2.41. The van der Waals surface area contributed by atoms with Crippen LogP contribution in [0, 0.1) is 0 Å². The van der Waals surface area contributed by atoms with E-state index in [9.17, 15) is 9.59 Å². The molecule has 1 aliphatic rings. The molecule has 1 aliphatic heterocycles. The Morgan fingerprint density at radius 1 is 1.77 bits per heavy atom. The Morgan fingerprint density at radius 2 is 2.46 bits per heavy atom. The van der Waals surface area contributed by atoms with Gasteiger partial charge in [-0.3, -0.25) is 4.79 Å². The number of carbonyl (C=O) groups is 2. The van der Waals surface area contributed by atoms with E-state index in [-0.39, 0.29) is 11.9 Å². The van der Waals surface area contributed by atoms with Crippen molar-refractivity contribution in [3.63, 3.8) is 0 Å². The number of ether oxygens (including phenoxy) is 1. The number of amides is 1. The molecule has 13 heavy (non-hydrogen) atoms. The first-order chi connectivity index (χ1) is 6.20. The summed E-state index contributed by atoms with van der Waals surface area (Å²) in [5.74, 6) is -0.155. The molecule has 1 amide bonds. The Balaban J connectivity index is 0.000000223. The molecule has 0 aromatic rings. The quantitative estimate of drug-likeness (QED) is 0.507. The summed E-state index contributed by atoms with van der Waals surface area (Å²) in [6, 6.07) is 0. The van der Waals surface area contributed by atoms with Crippen LogP contribution in [-0.2, 0) is 14.3 Å². The van der Waals surface area contributed by atoms with Gasteiger partial charge in [-0.25, -0.2) is 4.79 Å². The summed E-state index contributed by atoms with van der Waals surface area (Å²) in [6.45, 7) is 6.27. The highest BCUT2D eigenvalue weighted by Gasteiger charge is 2.05. The van der Waals surface area contributed by atoms with E-state index in [1.807, 2.05) is 0 Å². The molecule has 0 atom stereocenters. The van der Waals surface area contributed by atoms with Crippen LogP contribution in [-0.4, -0.2) is 25.0 Å². The van der Waals surface area contributed by atoms with Gasteiger partial charge in [0.15, 0.2) is 0 Å². The third-order valence-electron chi connectivity index (χ3n) is 1.36. The van der Waals surface area contributed by atoms with Crippen LogP contribution in [0.2, 0.25) is 0 Å². The smallest absolute Gasteiger partial charge is 0.330 e. The van der Waals surface area contributed by atoms with Gasteiger partial charge in [0, 0.05) is 19.0 Å². The van der Waals surface area contributed by atoms with Gasteiger partial charge in [0.2, 0.25) is 5.91 Å². The largest absolute Gasteiger partial charge is 0.463 e. The monoisotopic (exact) mass is 185 g/mol. The first-order valence-electron chi connectivity index (χ1n) is 4.26. The molecule has 1 N–H and O–H groups in total. The molecule has 1 saturated heterocycles. The Labute approximate surface area is 78.0 Å². The van der Waals surface area contributed by atoms with Gasteiger partial charge in [0.05, 0.1) is 6.61 Å². The Kier molecular flexibility index (Phi) is 6.59. The summed E-state index contributed by atoms with van der Waals surface area (Å²) in [5.41, 5.74) is 0. The molecule has 0 bridgehead atoms. The van der Waals surface area contributed by atoms with E-state index < -0.39 is 0 Å². The molecule has 4 nitrogen and oxygen atoms in total. The van der Waals surface area contributed by atoms with Crippen molar-refractivity contribution in [3.05, 3.63) is 12.7 Å². The molecule has 74 valence electrons. The Hall–Kier alpha value is -1.32. The van der Waals surface area contributed by atoms with Gasteiger partial charge in [-0.2, -0.15) is 0 Å². The molecule has 0 aromatic heterocycles. The number of esters is 1. The molecular weight excluding hydrogens is 170 g/mol. The van der Waals surface area contributed by atoms with E-state index in [0.717, 1.165) is 25.5 Å². The maximum atomic E-state index is 10.1. The van der Waals surface area contributed by atoms with Crippen molar-refractivity contribution >= 4 is 11.9 Å². The SMILES string of the molecule is C=CC(=O)OCC.O=C1CCCN1. The third kappa shape index (κ3) is 7.05. The fraction of sp³-hybridized carbons (Fsp3) is 0.556. The van der Waals surface area contributed by atoms with Gasteiger partial charge in [-0.15, -0.1) is 0 Å². The fourth-order valence-corrected chi connectivity index (χ4v) is 0.766. The third-order valence-corrected chi connectivity index (χ3v) is 1.36. The summed E-state index contributed by atoms with van der Waals surface area (Å²) in [5, 5.41) is 2.68. The second kappa shape index (κ2) is 7.34. The lowest BCUT2D eigenvalue weighted by Gasteiger charge is -1.90. The minimum Gasteiger partial charge on any atom is -0.463 e. The minimum absolute atomic E-state index is 0.204. The molecule has 0 aliphatic carbocycles. The zero-order valence-electron chi connectivity index (χ0n) is 7.84. The molecule has 0 aromatic carbocycles. The Morgan fingerprint density at radius 3 is 2.62 bits per heavy atom.